The number of nitro benzene ring substituents is 1. The highest BCUT2D eigenvalue weighted by molar-refractivity contribution is 5.66. The Kier molecular flexibility index (Phi) is 4.65. The molecule has 1 aliphatic rings. The molecular weight excluding hydrogens is 275 g/mol. The van der Waals surface area contributed by atoms with E-state index in [0.717, 1.165) is 18.9 Å². The summed E-state index contributed by atoms with van der Waals surface area (Å²) in [6, 6.07) is 2.61. The fraction of sp³-hybridized carbons (Fsp3) is 0.600. The van der Waals surface area contributed by atoms with Crippen LogP contribution in [0.25, 0.3) is 0 Å². The summed E-state index contributed by atoms with van der Waals surface area (Å²) < 4.78 is 19.0. The van der Waals surface area contributed by atoms with Crippen LogP contribution >= 0.6 is 0 Å². The second-order valence-electron chi connectivity index (χ2n) is 5.80. The number of nitro groups is 1. The van der Waals surface area contributed by atoms with Crippen LogP contribution in [-0.2, 0) is 0 Å². The topological polar surface area (TPSA) is 55.6 Å². The Hall–Kier alpha value is -1.85. The average Bonchev–Trinajstić information content (AvgIpc) is 2.45. The number of methoxy groups -OCH3 is 1. The van der Waals surface area contributed by atoms with Gasteiger partial charge in [0.2, 0.25) is 5.82 Å². The summed E-state index contributed by atoms with van der Waals surface area (Å²) in [6.45, 7) is 5.79. The van der Waals surface area contributed by atoms with Crippen LogP contribution < -0.4 is 9.64 Å². The number of nitrogens with zero attached hydrogens (tertiary/aromatic N) is 2. The summed E-state index contributed by atoms with van der Waals surface area (Å²) in [6.07, 6.45) is 1.93. The molecule has 116 valence electrons. The molecule has 1 aromatic rings. The van der Waals surface area contributed by atoms with E-state index in [9.17, 15) is 14.5 Å². The van der Waals surface area contributed by atoms with Crippen molar-refractivity contribution in [3.63, 3.8) is 0 Å². The second kappa shape index (κ2) is 6.28. The van der Waals surface area contributed by atoms with Gasteiger partial charge in [-0.2, -0.15) is 4.39 Å². The minimum Gasteiger partial charge on any atom is -0.497 e. The number of anilines is 1. The SMILES string of the molecule is COc1cc(F)c([N+](=O)[O-])c(N2CCC(C(C)C)CC2)c1. The number of benzene rings is 1. The molecule has 1 aromatic carbocycles. The summed E-state index contributed by atoms with van der Waals surface area (Å²) in [4.78, 5) is 12.4. The van der Waals surface area contributed by atoms with Crippen molar-refractivity contribution < 1.29 is 14.1 Å². The highest BCUT2D eigenvalue weighted by atomic mass is 19.1. The molecule has 5 nitrogen and oxygen atoms in total. The van der Waals surface area contributed by atoms with E-state index in [1.165, 1.54) is 7.11 Å². The molecule has 0 aromatic heterocycles. The van der Waals surface area contributed by atoms with Gasteiger partial charge >= 0.3 is 5.69 Å². The van der Waals surface area contributed by atoms with E-state index in [2.05, 4.69) is 13.8 Å². The molecule has 0 bridgehead atoms. The zero-order valence-corrected chi connectivity index (χ0v) is 12.6. The first kappa shape index (κ1) is 15.5. The minimum atomic E-state index is -0.847. The average molecular weight is 296 g/mol. The van der Waals surface area contributed by atoms with E-state index in [1.54, 1.807) is 6.07 Å². The lowest BCUT2D eigenvalue weighted by atomic mass is 9.86. The van der Waals surface area contributed by atoms with Crippen LogP contribution in [0.4, 0.5) is 15.8 Å². The van der Waals surface area contributed by atoms with Gasteiger partial charge in [-0.1, -0.05) is 13.8 Å². The van der Waals surface area contributed by atoms with E-state index in [1.807, 2.05) is 4.90 Å². The molecule has 1 fully saturated rings. The van der Waals surface area contributed by atoms with Crippen molar-refractivity contribution in [2.45, 2.75) is 26.7 Å². The van der Waals surface area contributed by atoms with Crippen LogP contribution in [-0.4, -0.2) is 25.1 Å². The smallest absolute Gasteiger partial charge is 0.328 e. The van der Waals surface area contributed by atoms with Crippen molar-refractivity contribution in [3.8, 4) is 5.75 Å². The third-order valence-electron chi connectivity index (χ3n) is 4.26. The lowest BCUT2D eigenvalue weighted by Gasteiger charge is -2.35. The van der Waals surface area contributed by atoms with Crippen molar-refractivity contribution in [2.24, 2.45) is 11.8 Å². The van der Waals surface area contributed by atoms with Crippen molar-refractivity contribution in [3.05, 3.63) is 28.1 Å². The summed E-state index contributed by atoms with van der Waals surface area (Å²) in [7, 11) is 1.43. The first-order chi connectivity index (χ1) is 9.93. The quantitative estimate of drug-likeness (QED) is 0.629. The van der Waals surface area contributed by atoms with Crippen LogP contribution in [0.1, 0.15) is 26.7 Å². The normalized spacial score (nSPS) is 16.3. The first-order valence-electron chi connectivity index (χ1n) is 7.21. The molecule has 6 heteroatoms. The summed E-state index contributed by atoms with van der Waals surface area (Å²) in [5, 5.41) is 11.2. The van der Waals surface area contributed by atoms with Gasteiger partial charge in [-0.05, 0) is 24.7 Å². The minimum absolute atomic E-state index is 0.305. The van der Waals surface area contributed by atoms with E-state index >= 15 is 0 Å². The maximum atomic E-state index is 14.0. The fourth-order valence-corrected chi connectivity index (χ4v) is 2.91. The molecule has 0 unspecified atom stereocenters. The zero-order valence-electron chi connectivity index (χ0n) is 12.6. The Balaban J connectivity index is 2.30. The molecule has 0 atom stereocenters. The lowest BCUT2D eigenvalue weighted by Crippen LogP contribution is -2.35. The molecule has 1 aliphatic heterocycles. The third kappa shape index (κ3) is 3.25. The highest BCUT2D eigenvalue weighted by Crippen LogP contribution is 2.37. The molecular formula is C15H21FN2O3. The molecule has 0 aliphatic carbocycles. The monoisotopic (exact) mass is 296 g/mol. The first-order valence-corrected chi connectivity index (χ1v) is 7.21. The van der Waals surface area contributed by atoms with E-state index in [-0.39, 0.29) is 0 Å². The number of piperidine rings is 1. The van der Waals surface area contributed by atoms with Gasteiger partial charge in [0.1, 0.15) is 11.4 Å². The molecule has 0 radical (unpaired) electrons. The molecule has 0 saturated carbocycles. The zero-order chi connectivity index (χ0) is 15.6. The summed E-state index contributed by atoms with van der Waals surface area (Å²) in [5.41, 5.74) is -0.141. The molecule has 0 N–H and O–H groups in total. The predicted molar refractivity (Wildman–Crippen MR) is 79.4 cm³/mol. The van der Waals surface area contributed by atoms with Gasteiger partial charge in [0.25, 0.3) is 0 Å². The Bertz CT molecular complexity index is 526. The largest absolute Gasteiger partial charge is 0.497 e. The van der Waals surface area contributed by atoms with Crippen molar-refractivity contribution in [1.29, 1.82) is 0 Å². The molecule has 0 amide bonds. The predicted octanol–water partition coefficient (Wildman–Crippen LogP) is 3.61. The van der Waals surface area contributed by atoms with Crippen LogP contribution in [0.2, 0.25) is 0 Å². The standard InChI is InChI=1S/C15H21FN2O3/c1-10(2)11-4-6-17(7-5-11)14-9-12(21-3)8-13(16)15(14)18(19)20/h8-11H,4-7H2,1-3H3. The maximum absolute atomic E-state index is 14.0. The van der Waals surface area contributed by atoms with E-state index in [4.69, 9.17) is 4.74 Å². The number of hydrogen-bond acceptors (Lipinski definition) is 4. The van der Waals surface area contributed by atoms with Crippen LogP contribution in [0.3, 0.4) is 0 Å². The summed E-state index contributed by atoms with van der Waals surface area (Å²) in [5.74, 6) is 0.680. The molecule has 21 heavy (non-hydrogen) atoms. The molecule has 2 rings (SSSR count). The van der Waals surface area contributed by atoms with E-state index < -0.39 is 16.4 Å². The van der Waals surface area contributed by atoms with Gasteiger partial charge < -0.3 is 9.64 Å². The fourth-order valence-electron chi connectivity index (χ4n) is 2.91. The number of halogens is 1. The second-order valence-corrected chi connectivity index (χ2v) is 5.80. The van der Waals surface area contributed by atoms with Crippen LogP contribution in [0, 0.1) is 27.8 Å². The van der Waals surface area contributed by atoms with Crippen molar-refractivity contribution in [2.75, 3.05) is 25.1 Å². The Morgan fingerprint density at radius 3 is 2.48 bits per heavy atom. The van der Waals surface area contributed by atoms with Gasteiger partial charge in [0, 0.05) is 25.2 Å². The Morgan fingerprint density at radius 2 is 2.00 bits per heavy atom. The van der Waals surface area contributed by atoms with Gasteiger partial charge in [0.15, 0.2) is 0 Å². The number of hydrogen-bond donors (Lipinski definition) is 0. The van der Waals surface area contributed by atoms with Gasteiger partial charge in [-0.3, -0.25) is 10.1 Å². The number of ether oxygens (including phenoxy) is 1. The lowest BCUT2D eigenvalue weighted by molar-refractivity contribution is -0.386. The Labute approximate surface area is 123 Å². The van der Waals surface area contributed by atoms with Crippen LogP contribution in [0.5, 0.6) is 5.75 Å². The van der Waals surface area contributed by atoms with E-state index in [0.29, 0.717) is 36.4 Å². The molecule has 1 saturated heterocycles. The van der Waals surface area contributed by atoms with Gasteiger partial charge in [-0.15, -0.1) is 0 Å². The Morgan fingerprint density at radius 1 is 1.38 bits per heavy atom. The van der Waals surface area contributed by atoms with Crippen LogP contribution in [0.15, 0.2) is 12.1 Å². The highest BCUT2D eigenvalue weighted by Gasteiger charge is 2.29. The maximum Gasteiger partial charge on any atom is 0.328 e. The number of rotatable bonds is 4. The summed E-state index contributed by atoms with van der Waals surface area (Å²) >= 11 is 0. The van der Waals surface area contributed by atoms with Gasteiger partial charge in [-0.25, -0.2) is 0 Å². The van der Waals surface area contributed by atoms with Gasteiger partial charge in [0.05, 0.1) is 12.0 Å². The molecule has 1 heterocycles. The van der Waals surface area contributed by atoms with Crippen molar-refractivity contribution in [1.82, 2.24) is 0 Å². The van der Waals surface area contributed by atoms with Crippen molar-refractivity contribution >= 4 is 11.4 Å². The molecule has 0 spiro atoms. The third-order valence-corrected chi connectivity index (χ3v) is 4.26.